The molecule has 0 aromatic carbocycles. The Balaban J connectivity index is 7.24. The van der Waals surface area contributed by atoms with Crippen LogP contribution in [-0.2, 0) is 95.9 Å². The van der Waals surface area contributed by atoms with Gasteiger partial charge in [0.2, 0.25) is 106 Å². The molecule has 0 heterocycles. The monoisotopic (exact) mass is 1900 g/mol. The van der Waals surface area contributed by atoms with Crippen molar-refractivity contribution in [2.24, 2.45) is 79.2 Å². The van der Waals surface area contributed by atoms with E-state index in [4.69, 9.17) is 57.3 Å². The second kappa shape index (κ2) is 64.0. The maximum atomic E-state index is 14.5. The van der Waals surface area contributed by atoms with Crippen LogP contribution in [0, 0.1) is 11.8 Å². The molecule has 20 atom stereocenters. The molecule has 750 valence electrons. The molecule has 0 aliphatic carbocycles. The number of nitrogens with one attached hydrogen (secondary N) is 15. The third-order valence-corrected chi connectivity index (χ3v) is 21.0. The molecule has 18 amide bonds. The third kappa shape index (κ3) is 48.3. The van der Waals surface area contributed by atoms with Crippen LogP contribution in [0.1, 0.15) is 204 Å². The highest BCUT2D eigenvalue weighted by molar-refractivity contribution is 7.81. The maximum Gasteiger partial charge on any atom is 0.305 e. The standard InChI is InChI=1S/C79H143N27O25S/c1-10-12-20-45(69(123)101-51(62(85)116)33-37(3)4)95-68(122)46(21-14-13-16-29-80)98-75(129)59(41(8)108)105-64(118)40(7)93-66(120)48(23-18-31-90-78(86)87)100-77(131)61(132)44(25-27-54(83)110)94-63(117)39(6)92-67(121)50(26-28-56(112)113)97-73(127)53(35-57(114)115)103-74(128)58(38(5)11-2)104-70(124)49(24-19-32-91-79(88)89)99-76(130)60(42(9)109)106-71(125)47(22-15-17-30-81)96-72(126)52(34-55(84)111)102-65(119)43(82)36-107/h37-53,58-61,107-109,132H,10-36,80-82H2,1-9H3,(H2,83,110)(H2,84,111)(H2,85,116)(H,92,121)(H,93,120)(H,94,117)(H,95,122)(H,96,126)(H,97,127)(H,98,129)(H,99,130)(H,100,131)(H,101,123)(H,102,119)(H,103,128)(H,104,124)(H,105,118)(H,106,125)(H,112,113)(H,114,115)(H4,86,87,90)(H4,88,89,91)/t38-,39-,40-,41+,42+,43-,44-,45+,46-,47-,48-,49-,50-,51-,52-,53-,58-,59-,60-,61?/m0/s1. The number of thiol groups is 1. The minimum absolute atomic E-state index is 0.0111. The molecule has 53 heteroatoms. The molecular formula is C79H143N27O25S. The minimum Gasteiger partial charge on any atom is -0.481 e. The number of rotatable bonds is 69. The number of hydrogen-bond acceptors (Lipinski definition) is 29. The van der Waals surface area contributed by atoms with Crippen LogP contribution >= 0.6 is 12.6 Å². The number of aliphatic imine (C=N–C) groups is 2. The quantitative estimate of drug-likeness (QED) is 0.0116. The number of guanidine groups is 2. The molecule has 0 aromatic heterocycles. The number of aliphatic hydroxyl groups excluding tert-OH is 3. The molecule has 0 aliphatic heterocycles. The highest BCUT2D eigenvalue weighted by Crippen LogP contribution is 2.17. The number of amides is 18. The number of carbonyl (C=O) groups excluding carboxylic acids is 18. The molecule has 0 bridgehead atoms. The van der Waals surface area contributed by atoms with E-state index in [2.05, 4.69) is 102 Å². The molecule has 52 nitrogen and oxygen atoms in total. The second-order valence-electron chi connectivity index (χ2n) is 32.4. The fourth-order valence-corrected chi connectivity index (χ4v) is 12.9. The van der Waals surface area contributed by atoms with E-state index in [9.17, 15) is 121 Å². The van der Waals surface area contributed by atoms with Gasteiger partial charge < -0.3 is 163 Å². The van der Waals surface area contributed by atoms with Crippen LogP contribution in [0.25, 0.3) is 0 Å². The van der Waals surface area contributed by atoms with Gasteiger partial charge in [-0.25, -0.2) is 0 Å². The molecule has 0 saturated heterocycles. The highest BCUT2D eigenvalue weighted by atomic mass is 32.1. The lowest BCUT2D eigenvalue weighted by Crippen LogP contribution is -2.62. The zero-order valence-electron chi connectivity index (χ0n) is 76.2. The summed E-state index contributed by atoms with van der Waals surface area (Å²) in [4.78, 5) is 279. The number of primary amides is 3. The zero-order chi connectivity index (χ0) is 101. The molecule has 0 saturated carbocycles. The highest BCUT2D eigenvalue weighted by Gasteiger charge is 2.41. The van der Waals surface area contributed by atoms with Crippen LogP contribution in [0.5, 0.6) is 0 Å². The molecule has 0 aliphatic rings. The summed E-state index contributed by atoms with van der Waals surface area (Å²) in [5.41, 5.74) is 55.4. The number of carbonyl (C=O) groups is 20. The lowest BCUT2D eigenvalue weighted by molar-refractivity contribution is -0.142. The summed E-state index contributed by atoms with van der Waals surface area (Å²) in [7, 11) is 0. The van der Waals surface area contributed by atoms with Crippen molar-refractivity contribution in [2.75, 3.05) is 32.8 Å². The van der Waals surface area contributed by atoms with Crippen LogP contribution in [-0.4, -0.2) is 303 Å². The Kier molecular flexibility index (Phi) is 58.2. The summed E-state index contributed by atoms with van der Waals surface area (Å²) in [6.45, 7) is 12.2. The summed E-state index contributed by atoms with van der Waals surface area (Å²) in [6, 6.07) is -26.3. The number of aliphatic carboxylic acids is 2. The van der Waals surface area contributed by atoms with E-state index in [1.54, 1.807) is 6.92 Å². The summed E-state index contributed by atoms with van der Waals surface area (Å²) in [5, 5.41) is 85.3. The Morgan fingerprint density at radius 3 is 1.09 bits per heavy atom. The van der Waals surface area contributed by atoms with E-state index in [0.29, 0.717) is 38.6 Å². The lowest BCUT2D eigenvalue weighted by atomic mass is 9.96. The van der Waals surface area contributed by atoms with E-state index in [1.807, 2.05) is 20.8 Å². The minimum atomic E-state index is -2.16. The SMILES string of the molecule is CCCC[C@@H](NC(=O)[C@H](CCCCCN)NC(=O)[C@@H](NC(=O)[C@H](C)NC(=O)[C@H](CCCN=C(N)N)NC(=O)C(S)[C@H](CCC(N)=O)NC(=O)[C@H](C)NC(=O)[C@H](CCC(=O)O)NC(=O)[C@H](CC(=O)O)NC(=O)[C@@H](NC(=O)[C@H](CCCN=C(N)N)NC(=O)[C@@H](NC(=O)[C@H](CCCCN)NC(=O)[C@H](CC(N)=O)NC(=O)[C@@H](N)CO)[C@@H](C)O)[C@@H](C)CC)[C@@H](C)O)C(=O)N[C@@H](CC(C)C)C(N)=O. The van der Waals surface area contributed by atoms with Crippen molar-refractivity contribution in [1.29, 1.82) is 0 Å². The summed E-state index contributed by atoms with van der Waals surface area (Å²) >= 11 is 4.44. The Morgan fingerprint density at radius 1 is 0.348 bits per heavy atom. The smallest absolute Gasteiger partial charge is 0.305 e. The fraction of sp³-hybridized carbons (Fsp3) is 0.722. The van der Waals surface area contributed by atoms with Gasteiger partial charge in [-0.1, -0.05) is 66.7 Å². The van der Waals surface area contributed by atoms with Crippen molar-refractivity contribution in [2.45, 2.75) is 318 Å². The predicted molar refractivity (Wildman–Crippen MR) is 481 cm³/mol. The predicted octanol–water partition coefficient (Wildman–Crippen LogP) is -11.3. The van der Waals surface area contributed by atoms with Crippen molar-refractivity contribution in [3.63, 3.8) is 0 Å². The van der Waals surface area contributed by atoms with Crippen LogP contribution in [0.3, 0.4) is 0 Å². The van der Waals surface area contributed by atoms with Gasteiger partial charge in [-0.15, -0.1) is 0 Å². The van der Waals surface area contributed by atoms with E-state index in [0.717, 1.165) is 20.8 Å². The van der Waals surface area contributed by atoms with Crippen molar-refractivity contribution in [1.82, 2.24) is 79.8 Å². The van der Waals surface area contributed by atoms with Crippen molar-refractivity contribution < 1.29 is 121 Å². The Bertz CT molecular complexity index is 3900. The molecule has 132 heavy (non-hydrogen) atoms. The average Bonchev–Trinajstić information content (AvgIpc) is 0.839. The number of hydrogen-bond donors (Lipinski definition) is 31. The topological polar surface area (TPSA) is 908 Å². The molecule has 0 rings (SSSR count). The number of carboxylic acid groups (broad SMARTS) is 2. The maximum absolute atomic E-state index is 14.5. The van der Waals surface area contributed by atoms with Crippen molar-refractivity contribution in [3.05, 3.63) is 0 Å². The zero-order valence-corrected chi connectivity index (χ0v) is 77.1. The van der Waals surface area contributed by atoms with Gasteiger partial charge in [-0.05, 0) is 136 Å². The largest absolute Gasteiger partial charge is 0.481 e. The number of unbranched alkanes of at least 4 members (excludes halogenated alkanes) is 4. The first-order valence-electron chi connectivity index (χ1n) is 43.6. The summed E-state index contributed by atoms with van der Waals surface area (Å²) in [6.07, 6.45) is -5.88. The third-order valence-electron chi connectivity index (χ3n) is 20.4. The normalized spacial score (nSPS) is 15.7. The first-order valence-corrected chi connectivity index (χ1v) is 44.1. The molecule has 0 radical (unpaired) electrons. The molecular weight excluding hydrogens is 1760 g/mol. The average molecular weight is 1900 g/mol. The molecule has 40 N–H and O–H groups in total. The molecule has 0 aromatic rings. The Labute approximate surface area is 770 Å². The lowest BCUT2D eigenvalue weighted by Gasteiger charge is -2.30. The first kappa shape index (κ1) is 120. The van der Waals surface area contributed by atoms with Crippen molar-refractivity contribution >= 4 is 143 Å². The van der Waals surface area contributed by atoms with E-state index in [1.165, 1.54) is 13.8 Å². The number of carboxylic acids is 2. The van der Waals surface area contributed by atoms with Gasteiger partial charge >= 0.3 is 11.9 Å². The number of nitrogens with zero attached hydrogens (tertiary/aromatic N) is 2. The Morgan fingerprint density at radius 2 is 0.697 bits per heavy atom. The summed E-state index contributed by atoms with van der Waals surface area (Å²) in [5.74, 6) is -24.6. The molecule has 1 unspecified atom stereocenters. The van der Waals surface area contributed by atoms with Gasteiger partial charge in [0.15, 0.2) is 11.9 Å². The molecule has 0 fully saturated rings. The van der Waals surface area contributed by atoms with Crippen molar-refractivity contribution in [3.8, 4) is 0 Å². The van der Waals surface area contributed by atoms with E-state index < -0.39 is 283 Å². The number of aliphatic hydroxyl groups is 3. The van der Waals surface area contributed by atoms with Gasteiger partial charge in [0.1, 0.15) is 95.9 Å². The van der Waals surface area contributed by atoms with Gasteiger partial charge in [-0.2, -0.15) is 12.6 Å². The fourth-order valence-electron chi connectivity index (χ4n) is 12.6. The van der Waals surface area contributed by atoms with Gasteiger partial charge in [0, 0.05) is 32.0 Å². The van der Waals surface area contributed by atoms with Gasteiger partial charge in [0.05, 0.1) is 31.7 Å². The van der Waals surface area contributed by atoms with Gasteiger partial charge in [0.25, 0.3) is 0 Å². The Hall–Kier alpha value is -11.9. The van der Waals surface area contributed by atoms with Gasteiger partial charge in [-0.3, -0.25) is 106 Å². The second-order valence-corrected chi connectivity index (χ2v) is 32.9. The molecule has 0 spiro atoms. The van der Waals surface area contributed by atoms with Crippen LogP contribution < -0.4 is 137 Å². The van der Waals surface area contributed by atoms with Crippen LogP contribution in [0.4, 0.5) is 0 Å². The summed E-state index contributed by atoms with van der Waals surface area (Å²) < 4.78 is 0. The van der Waals surface area contributed by atoms with E-state index in [-0.39, 0.29) is 108 Å². The van der Waals surface area contributed by atoms with Crippen LogP contribution in [0.2, 0.25) is 0 Å². The number of nitrogens with two attached hydrogens (primary N) is 10. The van der Waals surface area contributed by atoms with E-state index >= 15 is 0 Å². The van der Waals surface area contributed by atoms with Crippen LogP contribution in [0.15, 0.2) is 9.98 Å². The first-order chi connectivity index (χ1) is 61.8.